The molecule has 4 aromatic rings. The maximum atomic E-state index is 5.21. The molecule has 176 valence electrons. The summed E-state index contributed by atoms with van der Waals surface area (Å²) in [5, 5.41) is 5.39. The van der Waals surface area contributed by atoms with Crippen molar-refractivity contribution in [2.45, 2.75) is 20.3 Å². The number of hydrogen-bond acceptors (Lipinski definition) is 2. The van der Waals surface area contributed by atoms with E-state index in [1.807, 2.05) is 18.2 Å². The molecule has 34 heavy (non-hydrogen) atoms. The number of halogens is 2. The summed E-state index contributed by atoms with van der Waals surface area (Å²) in [5.41, 5.74) is 2.19. The minimum atomic E-state index is 0. The molecule has 2 nitrogen and oxygen atoms in total. The van der Waals surface area contributed by atoms with Gasteiger partial charge in [0, 0.05) is 6.07 Å². The van der Waals surface area contributed by atoms with Gasteiger partial charge in [0.1, 0.15) is 11.5 Å². The third-order valence-corrected chi connectivity index (χ3v) is 4.88. The van der Waals surface area contributed by atoms with E-state index in [0.717, 1.165) is 29.1 Å². The van der Waals surface area contributed by atoms with Gasteiger partial charge in [0.2, 0.25) is 0 Å². The molecule has 1 aliphatic rings. The number of hydrogen-bond donors (Lipinski definition) is 0. The largest absolute Gasteiger partial charge is 1.00 e. The summed E-state index contributed by atoms with van der Waals surface area (Å²) in [4.78, 5) is 0. The average molecular weight is 571 g/mol. The Kier molecular flexibility index (Phi) is 13.3. The molecule has 0 saturated carbocycles. The van der Waals surface area contributed by atoms with Gasteiger partial charge in [-0.2, -0.15) is 17.7 Å². The SMILES string of the molecule is COc1cc(OC)cc(C2=[C-]CC=C2)c1.C[C](C)=[Zr+2].[Cl-].[Cl-].c1ccc2c(c1)[cH-]c1ccccc12. The van der Waals surface area contributed by atoms with E-state index in [2.05, 4.69) is 86.7 Å². The normalized spacial score (nSPS) is 11.2. The Bertz CT molecular complexity index is 1200. The van der Waals surface area contributed by atoms with E-state index in [0.29, 0.717) is 0 Å². The topological polar surface area (TPSA) is 18.5 Å². The van der Waals surface area contributed by atoms with Crippen LogP contribution in [0.15, 0.2) is 84.9 Å². The quantitative estimate of drug-likeness (QED) is 0.346. The van der Waals surface area contributed by atoms with E-state index < -0.39 is 0 Å². The Balaban J connectivity index is 0.000000282. The molecule has 0 heterocycles. The van der Waals surface area contributed by atoms with Crippen LogP contribution in [0.25, 0.3) is 27.1 Å². The van der Waals surface area contributed by atoms with E-state index in [9.17, 15) is 0 Å². The van der Waals surface area contributed by atoms with Gasteiger partial charge in [-0.05, 0) is 0 Å². The second-order valence-corrected chi connectivity index (χ2v) is 10.1. The van der Waals surface area contributed by atoms with Crippen LogP contribution in [0.5, 0.6) is 11.5 Å². The van der Waals surface area contributed by atoms with Crippen LogP contribution in [0.4, 0.5) is 0 Å². The summed E-state index contributed by atoms with van der Waals surface area (Å²) in [6.07, 6.45) is 8.30. The molecule has 5 heteroatoms. The Morgan fingerprint density at radius 3 is 1.71 bits per heavy atom. The average Bonchev–Trinajstić information content (AvgIpc) is 3.47. The molecule has 4 aromatic carbocycles. The van der Waals surface area contributed by atoms with Gasteiger partial charge < -0.3 is 34.3 Å². The van der Waals surface area contributed by atoms with E-state index in [1.165, 1.54) is 24.8 Å². The summed E-state index contributed by atoms with van der Waals surface area (Å²) < 4.78 is 11.9. The Morgan fingerprint density at radius 1 is 0.824 bits per heavy atom. The summed E-state index contributed by atoms with van der Waals surface area (Å²) >= 11 is 1.55. The predicted molar refractivity (Wildman–Crippen MR) is 133 cm³/mol. The van der Waals surface area contributed by atoms with Crippen LogP contribution < -0.4 is 34.3 Å². The van der Waals surface area contributed by atoms with Crippen molar-refractivity contribution in [3.8, 4) is 11.5 Å². The van der Waals surface area contributed by atoms with Gasteiger partial charge in [-0.1, -0.05) is 55.0 Å². The van der Waals surface area contributed by atoms with E-state index in [4.69, 9.17) is 9.47 Å². The minimum Gasteiger partial charge on any atom is -1.00 e. The standard InChI is InChI=1S/C13H13O2.C13H9.C3H6.2ClH.Zr/c1-14-12-7-11(8-13(9-12)15-2)10-5-3-4-6-10;1-3-7-12-10(5-1)9-11-6-2-4-8-13(11)12;1-3-2;;;/h3,5,7-9H,4H2,1-2H3;1-9H;1-2H3;2*1H;/q2*-1;;;;+2/p-2. The first-order valence-corrected chi connectivity index (χ1v) is 11.8. The number of allylic oxidation sites excluding steroid dienone is 4. The maximum Gasteiger partial charge on any atom is -0.0771 e. The number of rotatable bonds is 3. The molecular weight excluding hydrogens is 542 g/mol. The zero-order chi connectivity index (χ0) is 22.9. The molecule has 0 unspecified atom stereocenters. The van der Waals surface area contributed by atoms with Crippen molar-refractivity contribution in [2.75, 3.05) is 14.2 Å². The molecule has 0 bridgehead atoms. The molecule has 0 aliphatic heterocycles. The van der Waals surface area contributed by atoms with Crippen LogP contribution in [0, 0.1) is 6.08 Å². The van der Waals surface area contributed by atoms with E-state index in [-0.39, 0.29) is 24.8 Å². The molecule has 0 atom stereocenters. The second kappa shape index (κ2) is 15.0. The molecular formula is C29H28Cl2O2Zr-2. The van der Waals surface area contributed by atoms with Crippen molar-refractivity contribution < 1.29 is 58.5 Å². The van der Waals surface area contributed by atoms with Crippen molar-refractivity contribution in [1.82, 2.24) is 0 Å². The number of fused-ring (bicyclic) bond motifs is 3. The van der Waals surface area contributed by atoms with Gasteiger partial charge in [-0.25, -0.2) is 0 Å². The van der Waals surface area contributed by atoms with Crippen LogP contribution in [-0.2, 0) is 24.2 Å². The third kappa shape index (κ3) is 8.31. The van der Waals surface area contributed by atoms with Crippen molar-refractivity contribution in [1.29, 1.82) is 0 Å². The smallest absolute Gasteiger partial charge is 0.0771 e. The fourth-order valence-electron chi connectivity index (χ4n) is 3.47. The molecule has 5 rings (SSSR count). The summed E-state index contributed by atoms with van der Waals surface area (Å²) in [6, 6.07) is 25.1. The van der Waals surface area contributed by atoms with Crippen molar-refractivity contribution in [3.05, 3.63) is 96.6 Å². The fraction of sp³-hybridized carbons (Fsp3) is 0.172. The Morgan fingerprint density at radius 2 is 1.29 bits per heavy atom. The van der Waals surface area contributed by atoms with E-state index in [1.54, 1.807) is 38.5 Å². The third-order valence-electron chi connectivity index (χ3n) is 4.88. The molecule has 0 spiro atoms. The molecule has 0 saturated heterocycles. The molecule has 0 aromatic heterocycles. The summed E-state index contributed by atoms with van der Waals surface area (Å²) in [5.74, 6) is 1.61. The fourth-order valence-corrected chi connectivity index (χ4v) is 3.47. The van der Waals surface area contributed by atoms with Gasteiger partial charge in [-0.15, -0.1) is 51.4 Å². The Labute approximate surface area is 230 Å². The second-order valence-electron chi connectivity index (χ2n) is 7.62. The number of methoxy groups -OCH3 is 2. The van der Waals surface area contributed by atoms with Crippen molar-refractivity contribution in [3.63, 3.8) is 0 Å². The maximum absolute atomic E-state index is 5.21. The monoisotopic (exact) mass is 568 g/mol. The zero-order valence-corrected chi connectivity index (χ0v) is 23.8. The van der Waals surface area contributed by atoms with Gasteiger partial charge in [-0.3, -0.25) is 0 Å². The minimum absolute atomic E-state index is 0. The van der Waals surface area contributed by atoms with Gasteiger partial charge in [0.15, 0.2) is 0 Å². The van der Waals surface area contributed by atoms with Crippen LogP contribution >= 0.6 is 0 Å². The molecule has 1 aliphatic carbocycles. The zero-order valence-electron chi connectivity index (χ0n) is 19.9. The summed E-state index contributed by atoms with van der Waals surface area (Å²) in [7, 11) is 3.31. The van der Waals surface area contributed by atoms with Crippen molar-refractivity contribution >= 4 is 30.3 Å². The van der Waals surface area contributed by atoms with Crippen LogP contribution in [0.2, 0.25) is 0 Å². The first-order valence-electron chi connectivity index (χ1n) is 10.6. The van der Waals surface area contributed by atoms with Gasteiger partial charge in [0.25, 0.3) is 0 Å². The molecule has 0 amide bonds. The predicted octanol–water partition coefficient (Wildman–Crippen LogP) is 1.32. The van der Waals surface area contributed by atoms with Gasteiger partial charge >= 0.3 is 41.3 Å². The van der Waals surface area contributed by atoms with E-state index >= 15 is 0 Å². The molecule has 0 fully saturated rings. The molecule has 0 N–H and O–H groups in total. The number of benzene rings is 3. The van der Waals surface area contributed by atoms with Crippen molar-refractivity contribution in [2.24, 2.45) is 0 Å². The van der Waals surface area contributed by atoms with Crippen LogP contribution in [0.3, 0.4) is 0 Å². The number of ether oxygens (including phenoxy) is 2. The first-order chi connectivity index (χ1) is 15.5. The molecule has 0 radical (unpaired) electrons. The Hall–Kier alpha value is -2.06. The first kappa shape index (κ1) is 30.0. The van der Waals surface area contributed by atoms with Crippen LogP contribution in [-0.4, -0.2) is 17.4 Å². The van der Waals surface area contributed by atoms with Crippen LogP contribution in [0.1, 0.15) is 25.8 Å². The van der Waals surface area contributed by atoms with Gasteiger partial charge in [0.05, 0.1) is 14.2 Å². The summed E-state index contributed by atoms with van der Waals surface area (Å²) in [6.45, 7) is 4.25.